The fraction of sp³-hybridized carbons (Fsp3) is 0.0476. The van der Waals surface area contributed by atoms with Gasteiger partial charge in [0.2, 0.25) is 16.9 Å². The summed E-state index contributed by atoms with van der Waals surface area (Å²) in [5.41, 5.74) is 3.16. The highest BCUT2D eigenvalue weighted by atomic mass is 31.1. The first-order valence-corrected chi connectivity index (χ1v) is 9.65. The van der Waals surface area contributed by atoms with Gasteiger partial charge in [0.25, 0.3) is 11.0 Å². The lowest BCUT2D eigenvalue weighted by Gasteiger charge is -2.06. The number of hydrogen-bond donors (Lipinski definition) is 0. The number of aryl methyl sites for hydroxylation is 1. The highest BCUT2D eigenvalue weighted by molar-refractivity contribution is 7.47. The molecule has 0 saturated heterocycles. The highest BCUT2D eigenvalue weighted by Gasteiger charge is 2.11. The second-order valence-corrected chi connectivity index (χ2v) is 6.75. The average molecular weight is 394 g/mol. The van der Waals surface area contributed by atoms with Crippen molar-refractivity contribution in [2.75, 3.05) is 0 Å². The molecule has 0 heterocycles. The van der Waals surface area contributed by atoms with Gasteiger partial charge in [-0.15, -0.1) is 0 Å². The Morgan fingerprint density at radius 2 is 1.22 bits per heavy atom. The molecule has 4 nitrogen and oxygen atoms in total. The summed E-state index contributed by atoms with van der Waals surface area (Å²) in [6, 6.07) is 23.6. The number of hydrogen-bond acceptors (Lipinski definition) is 4. The molecule has 0 bridgehead atoms. The molecule has 0 fully saturated rings. The number of benzene rings is 3. The Labute approximate surface area is 160 Å². The van der Waals surface area contributed by atoms with Crippen LogP contribution in [0.5, 0.6) is 0 Å². The minimum atomic E-state index is -0.470. The summed E-state index contributed by atoms with van der Waals surface area (Å²) in [4.78, 5) is 22.2. The lowest BCUT2D eigenvalue weighted by atomic mass is 9.99. The van der Waals surface area contributed by atoms with E-state index in [4.69, 9.17) is 0 Å². The van der Waals surface area contributed by atoms with Crippen LogP contribution < -0.4 is 0 Å². The standard InChI is InChI=1S/C14H11O2P.C7H5O2P/c1-10-6-8-11(9-7-10)12-4-2-3-5-13(12)14(15)17-16;8-7(10-9)6-4-2-1-3-5-6/h2-9H,1H3;1-5H. The maximum absolute atomic E-state index is 11.5. The van der Waals surface area contributed by atoms with E-state index < -0.39 is 16.9 Å². The maximum atomic E-state index is 11.5. The van der Waals surface area contributed by atoms with Crippen LogP contribution in [0, 0.1) is 6.92 Å². The maximum Gasteiger partial charge on any atom is 0.253 e. The van der Waals surface area contributed by atoms with Crippen LogP contribution in [-0.2, 0) is 9.13 Å². The Hall–Kier alpha value is -2.80. The van der Waals surface area contributed by atoms with Crippen LogP contribution in [0.25, 0.3) is 11.1 Å². The van der Waals surface area contributed by atoms with Crippen molar-refractivity contribution >= 4 is 28.0 Å². The summed E-state index contributed by atoms with van der Waals surface area (Å²) in [5, 5.41) is 0. The summed E-state index contributed by atoms with van der Waals surface area (Å²) < 4.78 is 20.7. The summed E-state index contributed by atoms with van der Waals surface area (Å²) in [6.45, 7) is 2.01. The van der Waals surface area contributed by atoms with E-state index in [9.17, 15) is 18.7 Å². The van der Waals surface area contributed by atoms with Crippen LogP contribution in [0.4, 0.5) is 0 Å². The van der Waals surface area contributed by atoms with E-state index in [2.05, 4.69) is 0 Å². The molecule has 0 unspecified atom stereocenters. The third-order valence-corrected chi connectivity index (χ3v) is 4.54. The lowest BCUT2D eigenvalue weighted by molar-refractivity contribution is 0.107. The zero-order valence-corrected chi connectivity index (χ0v) is 16.3. The number of carbonyl (C=O) groups excluding carboxylic acids is 2. The summed E-state index contributed by atoms with van der Waals surface area (Å²) in [5.74, 6) is 0. The Balaban J connectivity index is 0.000000223. The third-order valence-electron chi connectivity index (χ3n) is 3.71. The van der Waals surface area contributed by atoms with Gasteiger partial charge in [0.05, 0.1) is 0 Å². The Bertz CT molecular complexity index is 951. The van der Waals surface area contributed by atoms with Crippen molar-refractivity contribution in [2.24, 2.45) is 0 Å². The Morgan fingerprint density at radius 3 is 1.81 bits per heavy atom. The first kappa shape index (κ1) is 20.5. The van der Waals surface area contributed by atoms with E-state index in [1.165, 1.54) is 5.56 Å². The molecular weight excluding hydrogens is 378 g/mol. The molecule has 0 saturated carbocycles. The van der Waals surface area contributed by atoms with Crippen LogP contribution in [0.15, 0.2) is 78.9 Å². The average Bonchev–Trinajstić information content (AvgIpc) is 2.74. The minimum Gasteiger partial charge on any atom is -0.280 e. The second-order valence-electron chi connectivity index (χ2n) is 5.57. The normalized spacial score (nSPS) is 10.1. The predicted octanol–water partition coefficient (Wildman–Crippen LogP) is 6.21. The van der Waals surface area contributed by atoms with E-state index >= 15 is 0 Å². The van der Waals surface area contributed by atoms with Gasteiger partial charge in [0, 0.05) is 11.1 Å². The van der Waals surface area contributed by atoms with E-state index in [-0.39, 0.29) is 11.0 Å². The monoisotopic (exact) mass is 394 g/mol. The third kappa shape index (κ3) is 5.86. The predicted molar refractivity (Wildman–Crippen MR) is 107 cm³/mol. The fourth-order valence-electron chi connectivity index (χ4n) is 2.34. The fourth-order valence-corrected chi connectivity index (χ4v) is 2.88. The van der Waals surface area contributed by atoms with Gasteiger partial charge in [-0.05, 0) is 24.1 Å². The molecule has 0 aliphatic rings. The van der Waals surface area contributed by atoms with Gasteiger partial charge < -0.3 is 0 Å². The van der Waals surface area contributed by atoms with Gasteiger partial charge in [-0.25, -0.2) is 0 Å². The van der Waals surface area contributed by atoms with Crippen LogP contribution in [0.3, 0.4) is 0 Å². The van der Waals surface area contributed by atoms with Gasteiger partial charge in [-0.2, -0.15) is 0 Å². The van der Waals surface area contributed by atoms with E-state index in [0.717, 1.165) is 11.1 Å². The molecule has 0 aromatic heterocycles. The molecule has 3 rings (SSSR count). The van der Waals surface area contributed by atoms with Crippen molar-refractivity contribution in [3.8, 4) is 11.1 Å². The van der Waals surface area contributed by atoms with Crippen LogP contribution in [-0.4, -0.2) is 11.0 Å². The molecular formula is C21H16O4P2. The SMILES string of the molecule is Cc1ccc(-c2ccccc2C(=O)P=O)cc1.O=PC(=O)c1ccccc1. The van der Waals surface area contributed by atoms with E-state index in [0.29, 0.717) is 11.1 Å². The van der Waals surface area contributed by atoms with Gasteiger partial charge >= 0.3 is 0 Å². The van der Waals surface area contributed by atoms with Crippen LogP contribution in [0.2, 0.25) is 0 Å². The molecule has 0 aliphatic heterocycles. The Morgan fingerprint density at radius 1 is 0.667 bits per heavy atom. The molecule has 0 radical (unpaired) electrons. The first-order chi connectivity index (χ1) is 13.1. The van der Waals surface area contributed by atoms with Crippen molar-refractivity contribution in [2.45, 2.75) is 6.92 Å². The van der Waals surface area contributed by atoms with E-state index in [1.54, 1.807) is 42.5 Å². The molecule has 0 amide bonds. The molecule has 0 atom stereocenters. The number of carbonyl (C=O) groups is 2. The Kier molecular flexibility index (Phi) is 7.88. The zero-order chi connectivity index (χ0) is 19.6. The van der Waals surface area contributed by atoms with Gasteiger partial charge in [0.1, 0.15) is 0 Å². The molecule has 3 aromatic carbocycles. The zero-order valence-electron chi connectivity index (χ0n) is 14.5. The molecule has 0 aliphatic carbocycles. The van der Waals surface area contributed by atoms with Gasteiger partial charge in [0.15, 0.2) is 0 Å². The quantitative estimate of drug-likeness (QED) is 0.482. The topological polar surface area (TPSA) is 68.3 Å². The second kappa shape index (κ2) is 10.4. The summed E-state index contributed by atoms with van der Waals surface area (Å²) in [7, 11) is -0.915. The summed E-state index contributed by atoms with van der Waals surface area (Å²) in [6.07, 6.45) is 0. The molecule has 3 aromatic rings. The molecule has 0 spiro atoms. The van der Waals surface area contributed by atoms with Crippen molar-refractivity contribution < 1.29 is 18.7 Å². The van der Waals surface area contributed by atoms with Crippen molar-refractivity contribution in [3.05, 3.63) is 95.6 Å². The molecule has 134 valence electrons. The number of rotatable bonds is 5. The van der Waals surface area contributed by atoms with Crippen molar-refractivity contribution in [3.63, 3.8) is 0 Å². The van der Waals surface area contributed by atoms with Gasteiger partial charge in [-0.1, -0.05) is 78.4 Å². The smallest absolute Gasteiger partial charge is 0.253 e. The van der Waals surface area contributed by atoms with Crippen LogP contribution >= 0.6 is 16.9 Å². The highest BCUT2D eigenvalue weighted by Crippen LogP contribution is 2.26. The first-order valence-electron chi connectivity index (χ1n) is 8.03. The molecule has 6 heteroatoms. The molecule has 27 heavy (non-hydrogen) atoms. The van der Waals surface area contributed by atoms with Crippen LogP contribution in [0.1, 0.15) is 26.3 Å². The van der Waals surface area contributed by atoms with Crippen molar-refractivity contribution in [1.82, 2.24) is 0 Å². The lowest BCUT2D eigenvalue weighted by Crippen LogP contribution is -1.93. The molecule has 0 N–H and O–H groups in total. The van der Waals surface area contributed by atoms with Gasteiger partial charge in [-0.3, -0.25) is 18.7 Å². The minimum absolute atomic E-state index is 0.374. The largest absolute Gasteiger partial charge is 0.280 e. The van der Waals surface area contributed by atoms with Crippen molar-refractivity contribution in [1.29, 1.82) is 0 Å². The summed E-state index contributed by atoms with van der Waals surface area (Å²) >= 11 is 0. The van der Waals surface area contributed by atoms with E-state index in [1.807, 2.05) is 43.3 Å².